The molecule has 10 rings (SSSR count). The molecule has 0 N–H and O–H groups in total. The summed E-state index contributed by atoms with van der Waals surface area (Å²) in [4.78, 5) is 99.0. The van der Waals surface area contributed by atoms with Crippen molar-refractivity contribution in [1.29, 1.82) is 0 Å². The Balaban J connectivity index is 0.000000669. The maximum Gasteiger partial charge on any atom is 0.320 e. The van der Waals surface area contributed by atoms with Crippen molar-refractivity contribution in [2.24, 2.45) is 76.9 Å². The minimum atomic E-state index is -2.26. The van der Waals surface area contributed by atoms with E-state index in [2.05, 4.69) is 195 Å². The summed E-state index contributed by atoms with van der Waals surface area (Å²) in [6.45, 7) is 82.8. The smallest absolute Gasteiger partial charge is 0.320 e. The van der Waals surface area contributed by atoms with E-state index in [1.165, 1.54) is 70.6 Å². The average molecular weight is 1790 g/mol. The van der Waals surface area contributed by atoms with Crippen LogP contribution in [0.2, 0.25) is 139 Å². The second-order valence-electron chi connectivity index (χ2n) is 42.3. The zero-order valence-corrected chi connectivity index (χ0v) is 90.0. The number of cyclic esters (lactones) is 6. The highest BCUT2D eigenvalue weighted by Gasteiger charge is 2.59. The Morgan fingerprint density at radius 2 is 0.641 bits per heavy atom. The Kier molecular flexibility index (Phi) is 46.3. The normalized spacial score (nSPS) is 28.9. The predicted octanol–water partition coefficient (Wildman–Crippen LogP) is 24.6. The number of esters is 9. The Morgan fingerprint density at radius 1 is 0.376 bits per heavy atom. The minimum Gasteiger partial charge on any atom is -0.459 e. The molecule has 27 heteroatoms. The molecule has 0 aromatic carbocycles. The molecular formula is C90H178O19Si8. The fourth-order valence-electron chi connectivity index (χ4n) is 18.1. The lowest BCUT2D eigenvalue weighted by Crippen LogP contribution is -2.66. The highest BCUT2D eigenvalue weighted by atomic mass is 28.5. The molecule has 19 nitrogen and oxygen atoms in total. The molecule has 117 heavy (non-hydrogen) atoms. The third kappa shape index (κ3) is 36.1. The molecule has 12 unspecified atom stereocenters. The van der Waals surface area contributed by atoms with Crippen LogP contribution in [0.1, 0.15) is 287 Å². The van der Waals surface area contributed by atoms with Gasteiger partial charge in [-0.15, -0.1) is 0 Å². The van der Waals surface area contributed by atoms with Gasteiger partial charge in [-0.05, 0) is 208 Å². The molecule has 0 aromatic heterocycles. The van der Waals surface area contributed by atoms with Crippen molar-refractivity contribution >= 4 is 120 Å². The van der Waals surface area contributed by atoms with E-state index >= 15 is 0 Å². The average Bonchev–Trinajstić information content (AvgIpc) is 1.50. The highest BCUT2D eigenvalue weighted by molar-refractivity contribution is 7.03. The number of carbonyl (C=O) groups is 9. The predicted molar refractivity (Wildman–Crippen MR) is 497 cm³/mol. The topological polar surface area (TPSA) is 246 Å². The highest BCUT2D eigenvalue weighted by Crippen LogP contribution is 2.61. The van der Waals surface area contributed by atoms with Crippen LogP contribution in [0, 0.1) is 76.9 Å². The van der Waals surface area contributed by atoms with E-state index in [4.69, 9.17) is 30.7 Å². The molecule has 6 aliphatic carbocycles. The zero-order valence-electron chi connectivity index (χ0n) is 82.0. The summed E-state index contributed by atoms with van der Waals surface area (Å²) >= 11 is 0. The third-order valence-electron chi connectivity index (χ3n) is 27.6. The van der Waals surface area contributed by atoms with Gasteiger partial charge in [0.15, 0.2) is 0 Å². The summed E-state index contributed by atoms with van der Waals surface area (Å²) < 4.78 is 56.1. The van der Waals surface area contributed by atoms with E-state index in [1.807, 2.05) is 34.6 Å². The first kappa shape index (κ1) is 112. The van der Waals surface area contributed by atoms with Gasteiger partial charge in [-0.2, -0.15) is 0 Å². The SMILES string of the molecule is CC1C(=O)OC(=O)C1C.CC1C(=O)OC(=O)C1C.CC1C(=O)OC(=O)C1C.CCC(C)C(=O)OC1(CC)C2CC3CC(C2)CC1C3.CCC(C)C(=O)OC1(CC)CCCC1.CCC(C)C(=O)OC1(CC)CCCC1.CCC(C)[Si](C)(C)C.CCC(C)[Si](C)(C[Si](C)(C)C)C[Si](C)(C)C.CCC(C)[Si]1(C)O[Si](C)(C)O[Si](C)(C)O[Si](C)(C)O1. The Labute approximate surface area is 723 Å². The van der Waals surface area contributed by atoms with Gasteiger partial charge in [0.1, 0.15) is 16.8 Å². The molecule has 10 fully saturated rings. The summed E-state index contributed by atoms with van der Waals surface area (Å²) in [5.74, 6) is -0.500. The van der Waals surface area contributed by atoms with E-state index < -0.39 is 102 Å². The van der Waals surface area contributed by atoms with Gasteiger partial charge in [-0.25, -0.2) is 0 Å². The lowest BCUT2D eigenvalue weighted by atomic mass is 9.49. The largest absolute Gasteiger partial charge is 0.459 e. The van der Waals surface area contributed by atoms with Crippen molar-refractivity contribution in [2.45, 2.75) is 443 Å². The second-order valence-corrected chi connectivity index (χ2v) is 80.1. The maximum absolute atomic E-state index is 12.3. The molecule has 684 valence electrons. The van der Waals surface area contributed by atoms with Crippen molar-refractivity contribution in [2.75, 3.05) is 0 Å². The quantitative estimate of drug-likeness (QED) is 0.0423. The monoisotopic (exact) mass is 1790 g/mol. The van der Waals surface area contributed by atoms with E-state index in [9.17, 15) is 43.2 Å². The van der Waals surface area contributed by atoms with E-state index in [0.29, 0.717) is 17.4 Å². The van der Waals surface area contributed by atoms with Crippen LogP contribution in [0.3, 0.4) is 0 Å². The van der Waals surface area contributed by atoms with Crippen LogP contribution in [-0.2, 0) is 88.0 Å². The van der Waals surface area contributed by atoms with Crippen LogP contribution >= 0.6 is 0 Å². The Morgan fingerprint density at radius 3 is 0.838 bits per heavy atom. The second kappa shape index (κ2) is 48.2. The molecule has 10 aliphatic rings. The van der Waals surface area contributed by atoms with Crippen LogP contribution < -0.4 is 0 Å². The lowest BCUT2D eigenvalue weighted by Gasteiger charge is -2.60. The van der Waals surface area contributed by atoms with Gasteiger partial charge < -0.3 is 44.9 Å². The fraction of sp³-hybridized carbons (Fsp3) is 0.900. The van der Waals surface area contributed by atoms with Gasteiger partial charge >= 0.3 is 88.0 Å². The van der Waals surface area contributed by atoms with Crippen LogP contribution in [-0.4, -0.2) is 137 Å². The van der Waals surface area contributed by atoms with Crippen molar-refractivity contribution in [3.63, 3.8) is 0 Å². The lowest BCUT2D eigenvalue weighted by molar-refractivity contribution is -0.214. The standard InChI is InChI=1S/C17H28O2.C13H34Si3.2C12H22O2.C11H30O4Si4.C7H18Si.3C6H8O3/c1-4-11(3)16(18)19-17(5-2)14-7-12-6-13(9-14)10-15(17)8-12;1-10-13(2)16(9,11-14(3,4)5)12-15(6,7)8;2*1-4-10(3)11(13)14-12(5-2)8-6-7-9-12;1-10-11(2)19(9)14-17(5,6)12-16(3,4)13-18(7,8)15-19;1-6-7(2)8(3,4)5;3*1-3-4(2)6(8)9-5(3)7/h11-15H,4-10H2,1-3H3;13H,10-12H2,1-9H3;2*10H,4-9H2,1-3H3;11H,10H2,1-9H3;7H,6H2,1-5H3;3*3-4H,1-2H3. The third-order valence-corrected chi connectivity index (χ3v) is 65.9. The number of rotatable bonds is 22. The Bertz CT molecular complexity index is 2850. The van der Waals surface area contributed by atoms with Gasteiger partial charge in [0.05, 0.1) is 53.3 Å². The molecule has 0 aromatic rings. The molecule has 0 spiro atoms. The first-order valence-electron chi connectivity index (χ1n) is 46.2. The van der Waals surface area contributed by atoms with Crippen molar-refractivity contribution < 1.29 is 88.0 Å². The molecule has 4 saturated heterocycles. The molecule has 0 amide bonds. The first-order chi connectivity index (χ1) is 53.4. The van der Waals surface area contributed by atoms with Gasteiger partial charge in [0, 0.05) is 32.3 Å². The number of ether oxygens (including phenoxy) is 6. The zero-order chi connectivity index (χ0) is 91.0. The summed E-state index contributed by atoms with van der Waals surface area (Å²) in [6, 6.07) is 0. The van der Waals surface area contributed by atoms with Crippen molar-refractivity contribution in [3.05, 3.63) is 0 Å². The first-order valence-corrected chi connectivity index (χ1v) is 71.0. The molecule has 0 radical (unpaired) electrons. The van der Waals surface area contributed by atoms with Gasteiger partial charge in [0.2, 0.25) is 0 Å². The van der Waals surface area contributed by atoms with Crippen LogP contribution in [0.4, 0.5) is 0 Å². The van der Waals surface area contributed by atoms with Gasteiger partial charge in [-0.3, -0.25) is 43.2 Å². The van der Waals surface area contributed by atoms with Crippen molar-refractivity contribution in [3.8, 4) is 0 Å². The summed E-state index contributed by atoms with van der Waals surface area (Å²) in [5.41, 5.74) is 5.41. The van der Waals surface area contributed by atoms with Crippen molar-refractivity contribution in [1.82, 2.24) is 0 Å². The maximum atomic E-state index is 12.3. The fourth-order valence-corrected chi connectivity index (χ4v) is 65.9. The van der Waals surface area contributed by atoms with E-state index in [1.54, 1.807) is 52.9 Å². The molecule has 12 atom stereocenters. The molecule has 4 aliphatic heterocycles. The van der Waals surface area contributed by atoms with Gasteiger partial charge in [0.25, 0.3) is 0 Å². The van der Waals surface area contributed by atoms with E-state index in [-0.39, 0.29) is 88.0 Å². The molecule has 4 bridgehead atoms. The summed E-state index contributed by atoms with van der Waals surface area (Å²) in [5, 5.41) is 0. The number of carbonyl (C=O) groups excluding carboxylic acids is 9. The van der Waals surface area contributed by atoms with Gasteiger partial charge in [-0.1, -0.05) is 241 Å². The summed E-state index contributed by atoms with van der Waals surface area (Å²) in [7, 11) is -12.3. The minimum absolute atomic E-state index is 0.00347. The molecule has 4 heterocycles. The van der Waals surface area contributed by atoms with Crippen LogP contribution in [0.25, 0.3) is 0 Å². The summed E-state index contributed by atoms with van der Waals surface area (Å²) in [6.07, 6.45) is 25.2. The molecular weight excluding hydrogens is 1610 g/mol. The van der Waals surface area contributed by atoms with Crippen LogP contribution in [0.5, 0.6) is 0 Å². The number of hydrogen-bond donors (Lipinski definition) is 0. The Hall–Kier alpha value is -2.59. The van der Waals surface area contributed by atoms with E-state index in [0.717, 1.165) is 93.5 Å². The van der Waals surface area contributed by atoms with Crippen LogP contribution in [0.15, 0.2) is 0 Å². The number of hydrogen-bond acceptors (Lipinski definition) is 19. The molecule has 6 saturated carbocycles.